The van der Waals surface area contributed by atoms with Gasteiger partial charge in [-0.2, -0.15) is 0 Å². The van der Waals surface area contributed by atoms with Gasteiger partial charge in [-0.3, -0.25) is 0 Å². The quantitative estimate of drug-likeness (QED) is 0.863. The number of ether oxygens (including phenoxy) is 1. The van der Waals surface area contributed by atoms with Crippen molar-refractivity contribution >= 4 is 0 Å². The minimum absolute atomic E-state index is 0.0834. The maximum atomic E-state index is 9.37. The average Bonchev–Trinajstić information content (AvgIpc) is 2.45. The zero-order chi connectivity index (χ0) is 13.7. The summed E-state index contributed by atoms with van der Waals surface area (Å²) in [4.78, 5) is 0. The second-order valence-electron chi connectivity index (χ2n) is 4.54. The summed E-state index contributed by atoms with van der Waals surface area (Å²) in [6, 6.07) is 15.0. The summed E-state index contributed by atoms with van der Waals surface area (Å²) in [5, 5.41) is 9.37. The second-order valence-corrected chi connectivity index (χ2v) is 4.54. The van der Waals surface area contributed by atoms with E-state index >= 15 is 0 Å². The van der Waals surface area contributed by atoms with E-state index < -0.39 is 0 Å². The molecule has 19 heavy (non-hydrogen) atoms. The highest BCUT2D eigenvalue weighted by Gasteiger charge is 2.03. The Bertz CT molecular complexity index is 523. The summed E-state index contributed by atoms with van der Waals surface area (Å²) < 4.78 is 5.66. The predicted octanol–water partition coefficient (Wildman–Crippen LogP) is 3.38. The third-order valence-corrected chi connectivity index (χ3v) is 3.06. The maximum absolute atomic E-state index is 9.37. The topological polar surface area (TPSA) is 55.5 Å². The van der Waals surface area contributed by atoms with Crippen LogP contribution in [0.3, 0.4) is 0 Å². The Morgan fingerprint density at radius 2 is 1.89 bits per heavy atom. The molecule has 0 aliphatic carbocycles. The molecule has 0 saturated carbocycles. The van der Waals surface area contributed by atoms with Crippen molar-refractivity contribution in [1.82, 2.24) is 0 Å². The molecule has 0 fully saturated rings. The van der Waals surface area contributed by atoms with Crippen molar-refractivity contribution in [1.29, 1.82) is 0 Å². The van der Waals surface area contributed by atoms with Gasteiger partial charge < -0.3 is 15.6 Å². The van der Waals surface area contributed by atoms with Crippen LogP contribution in [0.4, 0.5) is 0 Å². The lowest BCUT2D eigenvalue weighted by Crippen LogP contribution is -2.08. The standard InChI is InChI=1S/C16H19NO2/c1-2-16(17)13-6-8-15(9-7-13)19-11-12-4-3-5-14(18)10-12/h3-10,16,18H,2,11,17H2,1H3/t16-/m1/s1. The highest BCUT2D eigenvalue weighted by atomic mass is 16.5. The van der Waals surface area contributed by atoms with Gasteiger partial charge in [-0.1, -0.05) is 31.2 Å². The van der Waals surface area contributed by atoms with E-state index in [1.54, 1.807) is 18.2 Å². The first-order valence-electron chi connectivity index (χ1n) is 6.45. The van der Waals surface area contributed by atoms with Crippen LogP contribution in [0.25, 0.3) is 0 Å². The van der Waals surface area contributed by atoms with Crippen LogP contribution in [0, 0.1) is 0 Å². The van der Waals surface area contributed by atoms with Crippen LogP contribution in [0.1, 0.15) is 30.5 Å². The fourth-order valence-corrected chi connectivity index (χ4v) is 1.86. The lowest BCUT2D eigenvalue weighted by atomic mass is 10.1. The van der Waals surface area contributed by atoms with Crippen LogP contribution in [0.15, 0.2) is 48.5 Å². The molecule has 0 amide bonds. The Balaban J connectivity index is 1.96. The fourth-order valence-electron chi connectivity index (χ4n) is 1.86. The third-order valence-electron chi connectivity index (χ3n) is 3.06. The molecule has 3 N–H and O–H groups in total. The van der Waals surface area contributed by atoms with E-state index in [-0.39, 0.29) is 11.8 Å². The first-order valence-corrected chi connectivity index (χ1v) is 6.45. The number of phenolic OH excluding ortho intramolecular Hbond substituents is 1. The second kappa shape index (κ2) is 6.25. The van der Waals surface area contributed by atoms with Gasteiger partial charge in [0.25, 0.3) is 0 Å². The summed E-state index contributed by atoms with van der Waals surface area (Å²) in [6.07, 6.45) is 0.920. The molecular weight excluding hydrogens is 238 g/mol. The Hall–Kier alpha value is -2.00. The van der Waals surface area contributed by atoms with Gasteiger partial charge in [0.2, 0.25) is 0 Å². The van der Waals surface area contributed by atoms with Crippen LogP contribution in [-0.4, -0.2) is 5.11 Å². The molecule has 0 bridgehead atoms. The van der Waals surface area contributed by atoms with Crippen LogP contribution in [0.5, 0.6) is 11.5 Å². The Labute approximate surface area is 113 Å². The molecule has 0 radical (unpaired) electrons. The van der Waals surface area contributed by atoms with E-state index in [9.17, 15) is 5.11 Å². The van der Waals surface area contributed by atoms with Gasteiger partial charge in [0.1, 0.15) is 18.1 Å². The SMILES string of the molecule is CC[C@@H](N)c1ccc(OCc2cccc(O)c2)cc1. The van der Waals surface area contributed by atoms with Crippen molar-refractivity contribution in [3.05, 3.63) is 59.7 Å². The summed E-state index contributed by atoms with van der Waals surface area (Å²) in [7, 11) is 0. The summed E-state index contributed by atoms with van der Waals surface area (Å²) in [6.45, 7) is 2.50. The molecule has 0 unspecified atom stereocenters. The van der Waals surface area contributed by atoms with Crippen LogP contribution in [-0.2, 0) is 6.61 Å². The first kappa shape index (κ1) is 13.4. The fraction of sp³-hybridized carbons (Fsp3) is 0.250. The number of hydrogen-bond acceptors (Lipinski definition) is 3. The van der Waals surface area contributed by atoms with Gasteiger partial charge in [-0.05, 0) is 41.8 Å². The molecular formula is C16H19NO2. The first-order chi connectivity index (χ1) is 9.19. The molecule has 1 atom stereocenters. The predicted molar refractivity (Wildman–Crippen MR) is 76.1 cm³/mol. The number of aromatic hydroxyl groups is 1. The van der Waals surface area contributed by atoms with E-state index in [1.165, 1.54) is 0 Å². The van der Waals surface area contributed by atoms with E-state index in [2.05, 4.69) is 6.92 Å². The molecule has 0 aliphatic rings. The zero-order valence-electron chi connectivity index (χ0n) is 11.0. The minimum atomic E-state index is 0.0834. The van der Waals surface area contributed by atoms with Gasteiger partial charge in [0.15, 0.2) is 0 Å². The number of rotatable bonds is 5. The maximum Gasteiger partial charge on any atom is 0.119 e. The molecule has 0 spiro atoms. The molecule has 2 aromatic rings. The normalized spacial score (nSPS) is 12.1. The highest BCUT2D eigenvalue weighted by Crippen LogP contribution is 2.19. The van der Waals surface area contributed by atoms with Gasteiger partial charge in [-0.25, -0.2) is 0 Å². The summed E-state index contributed by atoms with van der Waals surface area (Å²) in [5.74, 6) is 1.06. The largest absolute Gasteiger partial charge is 0.508 e. The van der Waals surface area contributed by atoms with Crippen LogP contribution >= 0.6 is 0 Å². The minimum Gasteiger partial charge on any atom is -0.508 e. The lowest BCUT2D eigenvalue weighted by Gasteiger charge is -2.11. The molecule has 3 heteroatoms. The van der Waals surface area contributed by atoms with Crippen molar-refractivity contribution in [2.45, 2.75) is 26.0 Å². The van der Waals surface area contributed by atoms with Crippen molar-refractivity contribution < 1.29 is 9.84 Å². The van der Waals surface area contributed by atoms with Crippen molar-refractivity contribution in [2.24, 2.45) is 5.73 Å². The molecule has 0 aliphatic heterocycles. The highest BCUT2D eigenvalue weighted by molar-refractivity contribution is 5.30. The molecule has 0 aromatic heterocycles. The Morgan fingerprint density at radius 3 is 2.53 bits per heavy atom. The lowest BCUT2D eigenvalue weighted by molar-refractivity contribution is 0.305. The molecule has 3 nitrogen and oxygen atoms in total. The monoisotopic (exact) mass is 257 g/mol. The Kier molecular flexibility index (Phi) is 4.42. The average molecular weight is 257 g/mol. The number of phenols is 1. The van der Waals surface area contributed by atoms with E-state index in [0.29, 0.717) is 6.61 Å². The van der Waals surface area contributed by atoms with E-state index in [0.717, 1.165) is 23.3 Å². The number of benzene rings is 2. The molecule has 0 heterocycles. The molecule has 2 aromatic carbocycles. The molecule has 2 rings (SSSR count). The van der Waals surface area contributed by atoms with E-state index in [4.69, 9.17) is 10.5 Å². The Morgan fingerprint density at radius 1 is 1.16 bits per heavy atom. The summed E-state index contributed by atoms with van der Waals surface area (Å²) in [5.41, 5.74) is 8.01. The van der Waals surface area contributed by atoms with Gasteiger partial charge in [0, 0.05) is 6.04 Å². The van der Waals surface area contributed by atoms with Crippen molar-refractivity contribution in [3.8, 4) is 11.5 Å². The van der Waals surface area contributed by atoms with Crippen molar-refractivity contribution in [2.75, 3.05) is 0 Å². The number of nitrogens with two attached hydrogens (primary N) is 1. The van der Waals surface area contributed by atoms with E-state index in [1.807, 2.05) is 30.3 Å². The molecule has 0 saturated heterocycles. The smallest absolute Gasteiger partial charge is 0.119 e. The summed E-state index contributed by atoms with van der Waals surface area (Å²) >= 11 is 0. The number of hydrogen-bond donors (Lipinski definition) is 2. The van der Waals surface area contributed by atoms with Crippen molar-refractivity contribution in [3.63, 3.8) is 0 Å². The van der Waals surface area contributed by atoms with Gasteiger partial charge in [0.05, 0.1) is 0 Å². The van der Waals surface area contributed by atoms with Gasteiger partial charge >= 0.3 is 0 Å². The zero-order valence-corrected chi connectivity index (χ0v) is 11.0. The van der Waals surface area contributed by atoms with Crippen LogP contribution < -0.4 is 10.5 Å². The van der Waals surface area contributed by atoms with Crippen LogP contribution in [0.2, 0.25) is 0 Å². The van der Waals surface area contributed by atoms with Gasteiger partial charge in [-0.15, -0.1) is 0 Å². The molecule has 100 valence electrons. The third kappa shape index (κ3) is 3.73.